The van der Waals surface area contributed by atoms with Gasteiger partial charge in [-0.05, 0) is 36.8 Å². The molecule has 0 unspecified atom stereocenters. The summed E-state index contributed by atoms with van der Waals surface area (Å²) in [6.07, 6.45) is 3.72. The smallest absolute Gasteiger partial charge is 0.328 e. The van der Waals surface area contributed by atoms with Crippen LogP contribution in [0.4, 0.5) is 8.78 Å². The standard InChI is InChI=1S/C15H11F2NO3/c1-9-6-10(2-5-14(19)20)8-18-15(9)21-13-7-11(16)3-4-12(13)17/h2-8H,1H3,(H,19,20)/b5-2+. The Bertz CT molecular complexity index is 714. The van der Waals surface area contributed by atoms with E-state index in [1.165, 1.54) is 12.3 Å². The molecule has 0 amide bonds. The highest BCUT2D eigenvalue weighted by molar-refractivity contribution is 5.85. The summed E-state index contributed by atoms with van der Waals surface area (Å²) in [5, 5.41) is 8.54. The number of carboxylic acid groups (broad SMARTS) is 1. The van der Waals surface area contributed by atoms with Gasteiger partial charge in [-0.15, -0.1) is 0 Å². The monoisotopic (exact) mass is 291 g/mol. The second kappa shape index (κ2) is 6.13. The summed E-state index contributed by atoms with van der Waals surface area (Å²) in [6.45, 7) is 1.66. The van der Waals surface area contributed by atoms with Crippen LogP contribution >= 0.6 is 0 Å². The number of aliphatic carboxylic acids is 1. The Labute approximate surface area is 119 Å². The second-order valence-electron chi connectivity index (χ2n) is 4.24. The number of aryl methyl sites for hydroxylation is 1. The average molecular weight is 291 g/mol. The van der Waals surface area contributed by atoms with Crippen LogP contribution in [0, 0.1) is 18.6 Å². The van der Waals surface area contributed by atoms with Gasteiger partial charge in [-0.25, -0.2) is 18.6 Å². The Balaban J connectivity index is 2.25. The van der Waals surface area contributed by atoms with E-state index in [0.717, 1.165) is 24.3 Å². The molecule has 0 aliphatic heterocycles. The molecule has 2 aromatic rings. The molecule has 0 spiro atoms. The Morgan fingerprint density at radius 3 is 2.76 bits per heavy atom. The Morgan fingerprint density at radius 2 is 2.10 bits per heavy atom. The first kappa shape index (κ1) is 14.6. The van der Waals surface area contributed by atoms with Crippen molar-refractivity contribution in [1.82, 2.24) is 4.98 Å². The normalized spacial score (nSPS) is 10.8. The van der Waals surface area contributed by atoms with E-state index < -0.39 is 17.6 Å². The summed E-state index contributed by atoms with van der Waals surface area (Å²) in [5.41, 5.74) is 1.12. The van der Waals surface area contributed by atoms with Crippen LogP contribution in [0.2, 0.25) is 0 Å². The summed E-state index contributed by atoms with van der Waals surface area (Å²) < 4.78 is 31.8. The lowest BCUT2D eigenvalue weighted by molar-refractivity contribution is -0.131. The Hall–Kier alpha value is -2.76. The fourth-order valence-electron chi connectivity index (χ4n) is 1.61. The van der Waals surface area contributed by atoms with Gasteiger partial charge in [0.05, 0.1) is 0 Å². The Kier molecular flexibility index (Phi) is 4.27. The van der Waals surface area contributed by atoms with Gasteiger partial charge < -0.3 is 9.84 Å². The highest BCUT2D eigenvalue weighted by Crippen LogP contribution is 2.26. The number of hydrogen-bond acceptors (Lipinski definition) is 3. The number of nitrogens with zero attached hydrogens (tertiary/aromatic N) is 1. The van der Waals surface area contributed by atoms with Crippen LogP contribution in [0.3, 0.4) is 0 Å². The molecule has 4 nitrogen and oxygen atoms in total. The molecule has 0 radical (unpaired) electrons. The fourth-order valence-corrected chi connectivity index (χ4v) is 1.61. The van der Waals surface area contributed by atoms with Gasteiger partial charge in [-0.3, -0.25) is 0 Å². The number of halogens is 2. The van der Waals surface area contributed by atoms with E-state index >= 15 is 0 Å². The van der Waals surface area contributed by atoms with Crippen LogP contribution in [0.15, 0.2) is 36.5 Å². The molecule has 1 aromatic heterocycles. The zero-order valence-corrected chi connectivity index (χ0v) is 11.0. The first-order valence-corrected chi connectivity index (χ1v) is 5.96. The molecule has 1 N–H and O–H groups in total. The largest absolute Gasteiger partial charge is 0.478 e. The molecule has 1 heterocycles. The zero-order valence-electron chi connectivity index (χ0n) is 11.0. The molecule has 2 rings (SSSR count). The number of hydrogen-bond donors (Lipinski definition) is 1. The number of aromatic nitrogens is 1. The summed E-state index contributed by atoms with van der Waals surface area (Å²) in [6, 6.07) is 4.50. The van der Waals surface area contributed by atoms with Crippen molar-refractivity contribution in [2.75, 3.05) is 0 Å². The van der Waals surface area contributed by atoms with E-state index in [1.54, 1.807) is 13.0 Å². The molecule has 0 bridgehead atoms. The van der Waals surface area contributed by atoms with Crippen molar-refractivity contribution in [3.05, 3.63) is 59.3 Å². The third-order valence-corrected chi connectivity index (χ3v) is 2.57. The highest BCUT2D eigenvalue weighted by atomic mass is 19.1. The molecule has 21 heavy (non-hydrogen) atoms. The zero-order chi connectivity index (χ0) is 15.4. The third kappa shape index (κ3) is 3.85. The number of benzene rings is 1. The van der Waals surface area contributed by atoms with Gasteiger partial charge in [0.2, 0.25) is 5.88 Å². The van der Waals surface area contributed by atoms with E-state index in [2.05, 4.69) is 4.98 Å². The minimum atomic E-state index is -1.07. The predicted molar refractivity (Wildman–Crippen MR) is 72.1 cm³/mol. The molecular weight excluding hydrogens is 280 g/mol. The third-order valence-electron chi connectivity index (χ3n) is 2.57. The molecular formula is C15H11F2NO3. The maximum absolute atomic E-state index is 13.5. The van der Waals surface area contributed by atoms with Crippen molar-refractivity contribution in [2.24, 2.45) is 0 Å². The number of carbonyl (C=O) groups is 1. The maximum atomic E-state index is 13.5. The molecule has 0 saturated heterocycles. The van der Waals surface area contributed by atoms with Gasteiger partial charge in [0.1, 0.15) is 5.82 Å². The summed E-state index contributed by atoms with van der Waals surface area (Å²) in [5.74, 6) is -2.54. The van der Waals surface area contributed by atoms with Crippen molar-refractivity contribution in [3.63, 3.8) is 0 Å². The van der Waals surface area contributed by atoms with Crippen LogP contribution in [0.25, 0.3) is 6.08 Å². The summed E-state index contributed by atoms with van der Waals surface area (Å²) in [4.78, 5) is 14.4. The molecule has 0 fully saturated rings. The van der Waals surface area contributed by atoms with Gasteiger partial charge in [0, 0.05) is 23.9 Å². The van der Waals surface area contributed by atoms with Crippen molar-refractivity contribution in [2.45, 2.75) is 6.92 Å². The SMILES string of the molecule is Cc1cc(/C=C/C(=O)O)cnc1Oc1cc(F)ccc1F. The van der Waals surface area contributed by atoms with Gasteiger partial charge in [-0.1, -0.05) is 0 Å². The number of rotatable bonds is 4. The maximum Gasteiger partial charge on any atom is 0.328 e. The Morgan fingerprint density at radius 1 is 1.33 bits per heavy atom. The number of carboxylic acids is 1. The van der Waals surface area contributed by atoms with Crippen molar-refractivity contribution < 1.29 is 23.4 Å². The molecule has 0 atom stereocenters. The molecule has 0 aliphatic rings. The summed E-state index contributed by atoms with van der Waals surface area (Å²) >= 11 is 0. The highest BCUT2D eigenvalue weighted by Gasteiger charge is 2.09. The van der Waals surface area contributed by atoms with Gasteiger partial charge in [0.15, 0.2) is 11.6 Å². The van der Waals surface area contributed by atoms with E-state index in [0.29, 0.717) is 11.1 Å². The van der Waals surface area contributed by atoms with Crippen LogP contribution in [-0.4, -0.2) is 16.1 Å². The predicted octanol–water partition coefficient (Wildman–Crippen LogP) is 3.56. The molecule has 1 aromatic carbocycles. The molecule has 0 saturated carbocycles. The van der Waals surface area contributed by atoms with Gasteiger partial charge in [-0.2, -0.15) is 0 Å². The first-order chi connectivity index (χ1) is 9.95. The van der Waals surface area contributed by atoms with E-state index in [1.807, 2.05) is 0 Å². The second-order valence-corrected chi connectivity index (χ2v) is 4.24. The van der Waals surface area contributed by atoms with Crippen molar-refractivity contribution in [1.29, 1.82) is 0 Å². The number of pyridine rings is 1. The molecule has 6 heteroatoms. The van der Waals surface area contributed by atoms with Gasteiger partial charge in [0.25, 0.3) is 0 Å². The molecule has 108 valence electrons. The molecule has 0 aliphatic carbocycles. The fraction of sp³-hybridized carbons (Fsp3) is 0.0667. The van der Waals surface area contributed by atoms with Crippen molar-refractivity contribution >= 4 is 12.0 Å². The van der Waals surface area contributed by atoms with E-state index in [9.17, 15) is 13.6 Å². The lowest BCUT2D eigenvalue weighted by Gasteiger charge is -2.08. The van der Waals surface area contributed by atoms with E-state index in [4.69, 9.17) is 9.84 Å². The van der Waals surface area contributed by atoms with Crippen LogP contribution in [0.1, 0.15) is 11.1 Å². The minimum Gasteiger partial charge on any atom is -0.478 e. The summed E-state index contributed by atoms with van der Waals surface area (Å²) in [7, 11) is 0. The van der Waals surface area contributed by atoms with Crippen LogP contribution in [-0.2, 0) is 4.79 Å². The minimum absolute atomic E-state index is 0.118. The van der Waals surface area contributed by atoms with E-state index in [-0.39, 0.29) is 11.6 Å². The van der Waals surface area contributed by atoms with Crippen LogP contribution < -0.4 is 4.74 Å². The lowest BCUT2D eigenvalue weighted by atomic mass is 10.2. The van der Waals surface area contributed by atoms with Crippen LogP contribution in [0.5, 0.6) is 11.6 Å². The quantitative estimate of drug-likeness (QED) is 0.875. The number of ether oxygens (including phenoxy) is 1. The van der Waals surface area contributed by atoms with Crippen molar-refractivity contribution in [3.8, 4) is 11.6 Å². The lowest BCUT2D eigenvalue weighted by Crippen LogP contribution is -1.95. The first-order valence-electron chi connectivity index (χ1n) is 5.96. The average Bonchev–Trinajstić information content (AvgIpc) is 2.43. The topological polar surface area (TPSA) is 59.4 Å². The van der Waals surface area contributed by atoms with Gasteiger partial charge >= 0.3 is 5.97 Å².